The van der Waals surface area contributed by atoms with Crippen LogP contribution in [0, 0.1) is 0 Å². The van der Waals surface area contributed by atoms with E-state index in [-0.39, 0.29) is 12.2 Å². The Morgan fingerprint density at radius 2 is 1.43 bits per heavy atom. The molecule has 128 valence electrons. The Labute approximate surface area is 133 Å². The molecule has 0 aliphatic heterocycles. The maximum absolute atomic E-state index is 12.3. The molecule has 0 spiro atoms. The fourth-order valence-corrected chi connectivity index (χ4v) is 2.05. The Bertz CT molecular complexity index is 507. The molecule has 0 aromatic heterocycles. The first-order chi connectivity index (χ1) is 10.9. The molecule has 6 heteroatoms. The number of alkyl halides is 3. The zero-order valence-electron chi connectivity index (χ0n) is 13.1. The third kappa shape index (κ3) is 6.84. The largest absolute Gasteiger partial charge is 0.462 e. The van der Waals surface area contributed by atoms with Crippen molar-refractivity contribution in [3.8, 4) is 0 Å². The van der Waals surface area contributed by atoms with E-state index >= 15 is 0 Å². The molecule has 0 unspecified atom stereocenters. The molecule has 0 saturated heterocycles. The maximum atomic E-state index is 12.3. The highest BCUT2D eigenvalue weighted by Gasteiger charge is 2.39. The third-order valence-corrected chi connectivity index (χ3v) is 3.37. The van der Waals surface area contributed by atoms with E-state index in [0.717, 1.165) is 31.4 Å². The van der Waals surface area contributed by atoms with Gasteiger partial charge in [-0.05, 0) is 18.6 Å². The van der Waals surface area contributed by atoms with E-state index in [4.69, 9.17) is 4.74 Å². The second-order valence-electron chi connectivity index (χ2n) is 5.31. The highest BCUT2D eigenvalue weighted by molar-refractivity contribution is 6.01. The van der Waals surface area contributed by atoms with E-state index in [2.05, 4.69) is 6.92 Å². The van der Waals surface area contributed by atoms with Crippen LogP contribution in [-0.2, 0) is 4.74 Å². The molecule has 3 nitrogen and oxygen atoms in total. The number of esters is 1. The van der Waals surface area contributed by atoms with Gasteiger partial charge in [-0.15, -0.1) is 0 Å². The summed E-state index contributed by atoms with van der Waals surface area (Å²) in [5, 5.41) is 0. The quantitative estimate of drug-likeness (QED) is 0.365. The molecule has 0 fully saturated rings. The molecule has 0 bridgehead atoms. The number of Topliss-reactive ketones (excluding diaryl/α,β-unsaturated/α-hetero) is 1. The zero-order valence-corrected chi connectivity index (χ0v) is 13.1. The van der Waals surface area contributed by atoms with Gasteiger partial charge in [0.2, 0.25) is 0 Å². The molecule has 1 aromatic carbocycles. The minimum atomic E-state index is -4.92. The highest BCUT2D eigenvalue weighted by atomic mass is 19.4. The third-order valence-electron chi connectivity index (χ3n) is 3.37. The number of ether oxygens (including phenoxy) is 1. The summed E-state index contributed by atoms with van der Waals surface area (Å²) in [4.78, 5) is 22.8. The molecule has 0 saturated carbocycles. The number of benzene rings is 1. The van der Waals surface area contributed by atoms with Gasteiger partial charge in [-0.2, -0.15) is 13.2 Å². The Morgan fingerprint density at radius 1 is 0.913 bits per heavy atom. The van der Waals surface area contributed by atoms with Crippen LogP contribution in [-0.4, -0.2) is 24.5 Å². The van der Waals surface area contributed by atoms with Crippen LogP contribution in [0.25, 0.3) is 0 Å². The minimum absolute atomic E-state index is 0.134. The minimum Gasteiger partial charge on any atom is -0.462 e. The molecule has 0 N–H and O–H groups in total. The average molecular weight is 330 g/mol. The van der Waals surface area contributed by atoms with Crippen LogP contribution in [0.5, 0.6) is 0 Å². The van der Waals surface area contributed by atoms with Crippen molar-refractivity contribution in [2.45, 2.75) is 51.6 Å². The summed E-state index contributed by atoms with van der Waals surface area (Å²) < 4.78 is 41.9. The summed E-state index contributed by atoms with van der Waals surface area (Å²) in [6.07, 6.45) is 1.45. The topological polar surface area (TPSA) is 43.4 Å². The highest BCUT2D eigenvalue weighted by Crippen LogP contribution is 2.21. The van der Waals surface area contributed by atoms with Gasteiger partial charge in [0.25, 0.3) is 5.78 Å². The first-order valence-corrected chi connectivity index (χ1v) is 7.75. The SMILES string of the molecule is CCCCCCCCOC(=O)c1ccc(C(=O)C(F)(F)F)cc1. The Kier molecular flexibility index (Phi) is 7.78. The Morgan fingerprint density at radius 3 is 2.00 bits per heavy atom. The van der Waals surface area contributed by atoms with Crippen molar-refractivity contribution in [3.05, 3.63) is 35.4 Å². The summed E-state index contributed by atoms with van der Waals surface area (Å²) in [5.74, 6) is -2.52. The predicted octanol–water partition coefficient (Wildman–Crippen LogP) is 4.95. The van der Waals surface area contributed by atoms with Crippen LogP contribution in [0.1, 0.15) is 66.2 Å². The lowest BCUT2D eigenvalue weighted by Gasteiger charge is -2.07. The molecule has 0 radical (unpaired) electrons. The van der Waals surface area contributed by atoms with E-state index < -0.39 is 23.5 Å². The van der Waals surface area contributed by atoms with Gasteiger partial charge >= 0.3 is 12.1 Å². The summed E-state index contributed by atoms with van der Waals surface area (Å²) in [6, 6.07) is 4.30. The summed E-state index contributed by atoms with van der Waals surface area (Å²) >= 11 is 0. The summed E-state index contributed by atoms with van der Waals surface area (Å²) in [7, 11) is 0. The van der Waals surface area contributed by atoms with E-state index in [1.807, 2.05) is 0 Å². The molecule has 1 rings (SSSR count). The Balaban J connectivity index is 2.38. The van der Waals surface area contributed by atoms with Crippen molar-refractivity contribution in [1.29, 1.82) is 0 Å². The number of hydrogen-bond acceptors (Lipinski definition) is 3. The number of ketones is 1. The molecule has 0 atom stereocenters. The van der Waals surface area contributed by atoms with Gasteiger partial charge in [0.05, 0.1) is 12.2 Å². The second kappa shape index (κ2) is 9.33. The van der Waals surface area contributed by atoms with Crippen LogP contribution in [0.15, 0.2) is 24.3 Å². The van der Waals surface area contributed by atoms with Crippen molar-refractivity contribution in [3.63, 3.8) is 0 Å². The fraction of sp³-hybridized carbons (Fsp3) is 0.529. The smallest absolute Gasteiger partial charge is 0.454 e. The molecule has 0 aliphatic rings. The van der Waals surface area contributed by atoms with E-state index in [0.29, 0.717) is 0 Å². The number of carbonyl (C=O) groups excluding carboxylic acids is 2. The van der Waals surface area contributed by atoms with Crippen LogP contribution < -0.4 is 0 Å². The van der Waals surface area contributed by atoms with Crippen LogP contribution in [0.4, 0.5) is 13.2 Å². The summed E-state index contributed by atoms with van der Waals surface area (Å²) in [5.41, 5.74) is -0.361. The van der Waals surface area contributed by atoms with E-state index in [1.54, 1.807) is 0 Å². The van der Waals surface area contributed by atoms with Gasteiger partial charge in [-0.25, -0.2) is 4.79 Å². The van der Waals surface area contributed by atoms with Gasteiger partial charge < -0.3 is 4.74 Å². The van der Waals surface area contributed by atoms with Crippen LogP contribution in [0.3, 0.4) is 0 Å². The predicted molar refractivity (Wildman–Crippen MR) is 80.5 cm³/mol. The van der Waals surface area contributed by atoms with E-state index in [1.165, 1.54) is 31.4 Å². The van der Waals surface area contributed by atoms with Crippen molar-refractivity contribution in [2.24, 2.45) is 0 Å². The molecular weight excluding hydrogens is 309 g/mol. The number of unbranched alkanes of at least 4 members (excludes halogenated alkanes) is 5. The number of hydrogen-bond donors (Lipinski definition) is 0. The zero-order chi connectivity index (χ0) is 17.3. The maximum Gasteiger partial charge on any atom is 0.454 e. The monoisotopic (exact) mass is 330 g/mol. The average Bonchev–Trinajstić information content (AvgIpc) is 2.52. The lowest BCUT2D eigenvalue weighted by atomic mass is 10.1. The normalized spacial score (nSPS) is 11.3. The van der Waals surface area contributed by atoms with Crippen molar-refractivity contribution in [1.82, 2.24) is 0 Å². The van der Waals surface area contributed by atoms with Gasteiger partial charge in [0.1, 0.15) is 0 Å². The lowest BCUT2D eigenvalue weighted by molar-refractivity contribution is -0.0885. The standard InChI is InChI=1S/C17H21F3O3/c1-2-3-4-5-6-7-12-23-16(22)14-10-8-13(9-11-14)15(21)17(18,19)20/h8-11H,2-7,12H2,1H3. The van der Waals surface area contributed by atoms with Crippen molar-refractivity contribution in [2.75, 3.05) is 6.61 Å². The second-order valence-corrected chi connectivity index (χ2v) is 5.31. The number of halogens is 3. The van der Waals surface area contributed by atoms with Crippen LogP contribution in [0.2, 0.25) is 0 Å². The number of rotatable bonds is 9. The first kappa shape index (κ1) is 19.2. The molecular formula is C17H21F3O3. The number of carbonyl (C=O) groups is 2. The van der Waals surface area contributed by atoms with Gasteiger partial charge in [-0.3, -0.25) is 4.79 Å². The molecule has 23 heavy (non-hydrogen) atoms. The van der Waals surface area contributed by atoms with Crippen molar-refractivity contribution < 1.29 is 27.5 Å². The molecule has 0 heterocycles. The van der Waals surface area contributed by atoms with Gasteiger partial charge in [0, 0.05) is 5.56 Å². The lowest BCUT2D eigenvalue weighted by Crippen LogP contribution is -2.22. The summed E-state index contributed by atoms with van der Waals surface area (Å²) in [6.45, 7) is 2.42. The van der Waals surface area contributed by atoms with Gasteiger partial charge in [-0.1, -0.05) is 51.2 Å². The van der Waals surface area contributed by atoms with Crippen molar-refractivity contribution >= 4 is 11.8 Å². The molecule has 0 amide bonds. The fourth-order valence-electron chi connectivity index (χ4n) is 2.05. The molecule has 0 aliphatic carbocycles. The van der Waals surface area contributed by atoms with Crippen LogP contribution >= 0.6 is 0 Å². The van der Waals surface area contributed by atoms with E-state index in [9.17, 15) is 22.8 Å². The van der Waals surface area contributed by atoms with Gasteiger partial charge in [0.15, 0.2) is 0 Å². The Hall–Kier alpha value is -1.85. The molecule has 1 aromatic rings. The first-order valence-electron chi connectivity index (χ1n) is 7.75.